The SMILES string of the molecule is Oc1c(-c2nnc(Cc3ccc(F)cc3)o2)nc(Cl)c2cccnc12. The highest BCUT2D eigenvalue weighted by molar-refractivity contribution is 6.34. The number of pyridine rings is 2. The zero-order valence-electron chi connectivity index (χ0n) is 12.6. The number of fused-ring (bicyclic) bond motifs is 1. The van der Waals surface area contributed by atoms with Crippen LogP contribution < -0.4 is 0 Å². The fourth-order valence-corrected chi connectivity index (χ4v) is 2.67. The Morgan fingerprint density at radius 3 is 2.72 bits per heavy atom. The largest absolute Gasteiger partial charge is 0.504 e. The molecular weight excluding hydrogens is 347 g/mol. The average Bonchev–Trinajstić information content (AvgIpc) is 3.08. The van der Waals surface area contributed by atoms with Crippen molar-refractivity contribution in [2.45, 2.75) is 6.42 Å². The summed E-state index contributed by atoms with van der Waals surface area (Å²) in [6.07, 6.45) is 1.86. The molecule has 0 radical (unpaired) electrons. The van der Waals surface area contributed by atoms with E-state index in [1.165, 1.54) is 18.3 Å². The van der Waals surface area contributed by atoms with Crippen LogP contribution in [0.1, 0.15) is 11.5 Å². The van der Waals surface area contributed by atoms with E-state index in [9.17, 15) is 9.50 Å². The van der Waals surface area contributed by atoms with E-state index in [1.807, 2.05) is 0 Å². The molecule has 124 valence electrons. The predicted molar refractivity (Wildman–Crippen MR) is 88.7 cm³/mol. The first-order valence-electron chi connectivity index (χ1n) is 7.32. The van der Waals surface area contributed by atoms with Gasteiger partial charge in [-0.15, -0.1) is 10.2 Å². The highest BCUT2D eigenvalue weighted by Crippen LogP contribution is 2.35. The molecule has 0 atom stereocenters. The van der Waals surface area contributed by atoms with Gasteiger partial charge in [-0.3, -0.25) is 4.98 Å². The van der Waals surface area contributed by atoms with Crippen LogP contribution in [0.3, 0.4) is 0 Å². The van der Waals surface area contributed by atoms with E-state index in [-0.39, 0.29) is 28.3 Å². The minimum atomic E-state index is -0.317. The molecule has 0 saturated carbocycles. The number of benzene rings is 1. The van der Waals surface area contributed by atoms with Gasteiger partial charge in [0.05, 0.1) is 6.42 Å². The van der Waals surface area contributed by atoms with Crippen molar-refractivity contribution in [1.82, 2.24) is 20.2 Å². The summed E-state index contributed by atoms with van der Waals surface area (Å²) in [7, 11) is 0. The topological polar surface area (TPSA) is 84.9 Å². The predicted octanol–water partition coefficient (Wildman–Crippen LogP) is 3.77. The Kier molecular flexibility index (Phi) is 3.77. The Bertz CT molecular complexity index is 1070. The Labute approximate surface area is 145 Å². The number of aromatic nitrogens is 4. The van der Waals surface area contributed by atoms with Crippen molar-refractivity contribution in [2.75, 3.05) is 0 Å². The van der Waals surface area contributed by atoms with Crippen LogP contribution in [-0.4, -0.2) is 25.3 Å². The molecule has 3 aromatic heterocycles. The second kappa shape index (κ2) is 6.10. The first-order chi connectivity index (χ1) is 12.1. The number of halogens is 2. The third kappa shape index (κ3) is 2.89. The molecule has 8 heteroatoms. The molecular formula is C17H10ClFN4O2. The molecule has 0 aliphatic carbocycles. The minimum absolute atomic E-state index is 0.0315. The van der Waals surface area contributed by atoms with E-state index in [2.05, 4.69) is 20.2 Å². The van der Waals surface area contributed by atoms with Gasteiger partial charge in [0.25, 0.3) is 5.89 Å². The quantitative estimate of drug-likeness (QED) is 0.562. The van der Waals surface area contributed by atoms with Gasteiger partial charge in [0, 0.05) is 11.6 Å². The van der Waals surface area contributed by atoms with Crippen LogP contribution in [-0.2, 0) is 6.42 Å². The molecule has 0 aliphatic rings. The first kappa shape index (κ1) is 15.5. The maximum absolute atomic E-state index is 13.0. The van der Waals surface area contributed by atoms with Crippen molar-refractivity contribution >= 4 is 22.5 Å². The van der Waals surface area contributed by atoms with Crippen LogP contribution >= 0.6 is 11.6 Å². The van der Waals surface area contributed by atoms with Crippen LogP contribution in [0.5, 0.6) is 5.75 Å². The monoisotopic (exact) mass is 356 g/mol. The van der Waals surface area contributed by atoms with Gasteiger partial charge in [-0.05, 0) is 29.8 Å². The number of aromatic hydroxyl groups is 1. The Morgan fingerprint density at radius 2 is 1.92 bits per heavy atom. The first-order valence-corrected chi connectivity index (χ1v) is 7.70. The molecule has 0 unspecified atom stereocenters. The lowest BCUT2D eigenvalue weighted by molar-refractivity contribution is 0.471. The van der Waals surface area contributed by atoms with Crippen LogP contribution in [0.4, 0.5) is 4.39 Å². The third-order valence-electron chi connectivity index (χ3n) is 3.63. The van der Waals surface area contributed by atoms with Gasteiger partial charge in [-0.2, -0.15) is 0 Å². The van der Waals surface area contributed by atoms with Crippen molar-refractivity contribution in [1.29, 1.82) is 0 Å². The standard InChI is InChI=1S/C17H10ClFN4O2/c18-16-11-2-1-7-20-13(11)15(24)14(21-16)17-23-22-12(25-17)8-9-3-5-10(19)6-4-9/h1-7,24H,8H2. The van der Waals surface area contributed by atoms with Crippen LogP contribution in [0.25, 0.3) is 22.5 Å². The second-order valence-corrected chi connectivity index (χ2v) is 5.66. The zero-order chi connectivity index (χ0) is 17.4. The normalized spacial score (nSPS) is 11.1. The lowest BCUT2D eigenvalue weighted by Gasteiger charge is -2.05. The van der Waals surface area contributed by atoms with Crippen molar-refractivity contribution in [3.05, 3.63) is 65.0 Å². The number of hydrogen-bond acceptors (Lipinski definition) is 6. The van der Waals surface area contributed by atoms with Crippen molar-refractivity contribution < 1.29 is 13.9 Å². The lowest BCUT2D eigenvalue weighted by Crippen LogP contribution is -1.90. The smallest absolute Gasteiger partial charge is 0.270 e. The van der Waals surface area contributed by atoms with E-state index in [4.69, 9.17) is 16.0 Å². The number of nitrogens with zero attached hydrogens (tertiary/aromatic N) is 4. The molecule has 4 aromatic rings. The van der Waals surface area contributed by atoms with Crippen molar-refractivity contribution in [3.63, 3.8) is 0 Å². The maximum atomic E-state index is 13.0. The summed E-state index contributed by atoms with van der Waals surface area (Å²) in [6.45, 7) is 0. The summed E-state index contributed by atoms with van der Waals surface area (Å²) < 4.78 is 18.5. The summed E-state index contributed by atoms with van der Waals surface area (Å²) >= 11 is 6.15. The fourth-order valence-electron chi connectivity index (χ4n) is 2.43. The van der Waals surface area contributed by atoms with Gasteiger partial charge in [0.1, 0.15) is 16.5 Å². The van der Waals surface area contributed by atoms with E-state index in [0.717, 1.165) is 5.56 Å². The van der Waals surface area contributed by atoms with E-state index in [0.29, 0.717) is 23.2 Å². The molecule has 4 rings (SSSR count). The molecule has 0 aliphatic heterocycles. The fraction of sp³-hybridized carbons (Fsp3) is 0.0588. The number of rotatable bonds is 3. The summed E-state index contributed by atoms with van der Waals surface area (Å²) in [6, 6.07) is 9.37. The Balaban J connectivity index is 1.71. The molecule has 0 saturated heterocycles. The van der Waals surface area contributed by atoms with Gasteiger partial charge < -0.3 is 9.52 Å². The summed E-state index contributed by atoms with van der Waals surface area (Å²) in [5.41, 5.74) is 1.18. The molecule has 0 spiro atoms. The van der Waals surface area contributed by atoms with Gasteiger partial charge >= 0.3 is 0 Å². The molecule has 0 bridgehead atoms. The zero-order valence-corrected chi connectivity index (χ0v) is 13.4. The van der Waals surface area contributed by atoms with Crippen molar-refractivity contribution in [3.8, 4) is 17.3 Å². The lowest BCUT2D eigenvalue weighted by atomic mass is 10.1. The van der Waals surface area contributed by atoms with Gasteiger partial charge in [0.2, 0.25) is 5.89 Å². The summed E-state index contributed by atoms with van der Waals surface area (Å²) in [5.74, 6) is -0.163. The Hall–Kier alpha value is -3.06. The highest BCUT2D eigenvalue weighted by atomic mass is 35.5. The van der Waals surface area contributed by atoms with E-state index < -0.39 is 0 Å². The van der Waals surface area contributed by atoms with E-state index in [1.54, 1.807) is 24.3 Å². The summed E-state index contributed by atoms with van der Waals surface area (Å²) in [4.78, 5) is 8.24. The Morgan fingerprint density at radius 1 is 1.12 bits per heavy atom. The van der Waals surface area contributed by atoms with Gasteiger partial charge in [-0.1, -0.05) is 23.7 Å². The number of hydrogen-bond donors (Lipinski definition) is 1. The van der Waals surface area contributed by atoms with Crippen LogP contribution in [0.15, 0.2) is 47.0 Å². The van der Waals surface area contributed by atoms with Crippen LogP contribution in [0, 0.1) is 5.82 Å². The molecule has 0 amide bonds. The molecule has 6 nitrogen and oxygen atoms in total. The molecule has 25 heavy (non-hydrogen) atoms. The highest BCUT2D eigenvalue weighted by Gasteiger charge is 2.19. The van der Waals surface area contributed by atoms with Crippen molar-refractivity contribution in [2.24, 2.45) is 0 Å². The second-order valence-electron chi connectivity index (χ2n) is 5.30. The maximum Gasteiger partial charge on any atom is 0.270 e. The van der Waals surface area contributed by atoms with Crippen LogP contribution in [0.2, 0.25) is 5.15 Å². The minimum Gasteiger partial charge on any atom is -0.504 e. The third-order valence-corrected chi connectivity index (χ3v) is 3.91. The van der Waals surface area contributed by atoms with E-state index >= 15 is 0 Å². The molecule has 1 aromatic carbocycles. The van der Waals surface area contributed by atoms with Gasteiger partial charge in [-0.25, -0.2) is 9.37 Å². The molecule has 0 fully saturated rings. The average molecular weight is 357 g/mol. The van der Waals surface area contributed by atoms with Gasteiger partial charge in [0.15, 0.2) is 11.4 Å². The molecule has 3 heterocycles. The summed E-state index contributed by atoms with van der Waals surface area (Å²) in [5, 5.41) is 18.9. The molecule has 1 N–H and O–H groups in total.